The number of hydrogen-bond donors (Lipinski definition) is 1. The molecule has 1 aliphatic heterocycles. The van der Waals surface area contributed by atoms with Crippen LogP contribution in [0.4, 0.5) is 5.69 Å². The number of nitrogens with one attached hydrogen (secondary N) is 1. The average molecular weight is 350 g/mol. The molecule has 0 aromatic heterocycles. The molecule has 1 heterocycles. The first-order valence-corrected chi connectivity index (χ1v) is 8.61. The van der Waals surface area contributed by atoms with Crippen LogP contribution in [0, 0.1) is 0 Å². The van der Waals surface area contributed by atoms with Gasteiger partial charge >= 0.3 is 0 Å². The van der Waals surface area contributed by atoms with Crippen molar-refractivity contribution >= 4 is 17.5 Å². The van der Waals surface area contributed by atoms with E-state index in [9.17, 15) is 9.59 Å². The minimum Gasteiger partial charge on any atom is -0.490 e. The number of carbonyl (C=O) groups is 2. The Morgan fingerprint density at radius 1 is 1.24 bits per heavy atom. The summed E-state index contributed by atoms with van der Waals surface area (Å²) in [5, 5.41) is 2.78. The maximum Gasteiger partial charge on any atom is 0.251 e. The fourth-order valence-corrected chi connectivity index (χ4v) is 2.64. The topological polar surface area (TPSA) is 77.1 Å². The van der Waals surface area contributed by atoms with E-state index in [1.54, 1.807) is 25.2 Å². The highest BCUT2D eigenvalue weighted by Gasteiger charge is 2.27. The van der Waals surface area contributed by atoms with Crippen LogP contribution in [0.25, 0.3) is 0 Å². The van der Waals surface area contributed by atoms with Crippen molar-refractivity contribution in [3.8, 4) is 11.5 Å². The molecular formula is C18H26N2O5. The van der Waals surface area contributed by atoms with Crippen LogP contribution in [0.2, 0.25) is 0 Å². The number of anilines is 1. The zero-order chi connectivity index (χ0) is 18.2. The number of benzene rings is 1. The molecule has 25 heavy (non-hydrogen) atoms. The first-order chi connectivity index (χ1) is 12.0. The molecule has 0 unspecified atom stereocenters. The van der Waals surface area contributed by atoms with Gasteiger partial charge in [-0.15, -0.1) is 0 Å². The molecule has 2 rings (SSSR count). The maximum atomic E-state index is 12.2. The van der Waals surface area contributed by atoms with E-state index in [1.807, 2.05) is 13.8 Å². The van der Waals surface area contributed by atoms with Crippen LogP contribution in [0.15, 0.2) is 18.2 Å². The van der Waals surface area contributed by atoms with Gasteiger partial charge in [0.15, 0.2) is 11.5 Å². The molecule has 7 heteroatoms. The van der Waals surface area contributed by atoms with Gasteiger partial charge in [-0.1, -0.05) is 0 Å². The second kappa shape index (κ2) is 9.27. The number of likely N-dealkylation sites (N-methyl/N-ethyl adjacent to an activating group) is 1. The van der Waals surface area contributed by atoms with Crippen LogP contribution in [0.3, 0.4) is 0 Å². The number of carbonyl (C=O) groups excluding carboxylic acids is 2. The molecule has 1 aromatic carbocycles. The molecule has 0 aliphatic carbocycles. The lowest BCUT2D eigenvalue weighted by molar-refractivity contribution is -0.141. The lowest BCUT2D eigenvalue weighted by atomic mass is 10.2. The quantitative estimate of drug-likeness (QED) is 0.776. The van der Waals surface area contributed by atoms with Crippen molar-refractivity contribution in [2.75, 3.05) is 38.7 Å². The molecule has 1 N–H and O–H groups in total. The SMILES string of the molecule is CCOc1ccc(NC(=O)CN(C)C(=O)[C@H]2CCCO2)cc1OCC. The van der Waals surface area contributed by atoms with Gasteiger partial charge in [0.1, 0.15) is 6.10 Å². The number of ether oxygens (including phenoxy) is 3. The maximum absolute atomic E-state index is 12.2. The third kappa shape index (κ3) is 5.35. The van der Waals surface area contributed by atoms with E-state index in [2.05, 4.69) is 5.32 Å². The van der Waals surface area contributed by atoms with E-state index in [0.717, 1.165) is 6.42 Å². The summed E-state index contributed by atoms with van der Waals surface area (Å²) in [4.78, 5) is 25.8. The fraction of sp³-hybridized carbons (Fsp3) is 0.556. The minimum absolute atomic E-state index is 0.0319. The van der Waals surface area contributed by atoms with Crippen LogP contribution >= 0.6 is 0 Å². The molecule has 1 fully saturated rings. The summed E-state index contributed by atoms with van der Waals surface area (Å²) in [6, 6.07) is 5.22. The van der Waals surface area contributed by atoms with Crippen LogP contribution in [0.1, 0.15) is 26.7 Å². The minimum atomic E-state index is -0.423. The van der Waals surface area contributed by atoms with E-state index in [-0.39, 0.29) is 18.4 Å². The van der Waals surface area contributed by atoms with Gasteiger partial charge in [0.25, 0.3) is 5.91 Å². The van der Waals surface area contributed by atoms with E-state index in [0.29, 0.717) is 43.4 Å². The van der Waals surface area contributed by atoms with Gasteiger partial charge in [-0.2, -0.15) is 0 Å². The van der Waals surface area contributed by atoms with Crippen LogP contribution < -0.4 is 14.8 Å². The summed E-state index contributed by atoms with van der Waals surface area (Å²) in [7, 11) is 1.60. The largest absolute Gasteiger partial charge is 0.490 e. The summed E-state index contributed by atoms with van der Waals surface area (Å²) in [6.45, 7) is 5.37. The Hall–Kier alpha value is -2.28. The molecule has 2 amide bonds. The van der Waals surface area contributed by atoms with Gasteiger partial charge in [-0.3, -0.25) is 9.59 Å². The Morgan fingerprint density at radius 3 is 2.60 bits per heavy atom. The van der Waals surface area contributed by atoms with Crippen LogP contribution in [0.5, 0.6) is 11.5 Å². The first-order valence-electron chi connectivity index (χ1n) is 8.61. The molecule has 1 aliphatic rings. The van der Waals surface area contributed by atoms with E-state index < -0.39 is 6.10 Å². The third-order valence-electron chi connectivity index (χ3n) is 3.79. The van der Waals surface area contributed by atoms with Crippen molar-refractivity contribution in [3.63, 3.8) is 0 Å². The summed E-state index contributed by atoms with van der Waals surface area (Å²) in [5.41, 5.74) is 0.592. The monoisotopic (exact) mass is 350 g/mol. The molecular weight excluding hydrogens is 324 g/mol. The Kier molecular flexibility index (Phi) is 7.06. The predicted molar refractivity (Wildman–Crippen MR) is 94.0 cm³/mol. The predicted octanol–water partition coefficient (Wildman–Crippen LogP) is 2.06. The van der Waals surface area contributed by atoms with Crippen molar-refractivity contribution in [2.24, 2.45) is 0 Å². The number of amides is 2. The lowest BCUT2D eigenvalue weighted by Gasteiger charge is -2.20. The van der Waals surface area contributed by atoms with Gasteiger partial charge < -0.3 is 24.4 Å². The Bertz CT molecular complexity index is 599. The van der Waals surface area contributed by atoms with Crippen molar-refractivity contribution in [1.82, 2.24) is 4.90 Å². The Labute approximate surface area is 148 Å². The summed E-state index contributed by atoms with van der Waals surface area (Å²) >= 11 is 0. The van der Waals surface area contributed by atoms with Crippen LogP contribution in [-0.4, -0.2) is 56.2 Å². The van der Waals surface area contributed by atoms with Crippen molar-refractivity contribution < 1.29 is 23.8 Å². The molecule has 138 valence electrons. The van der Waals surface area contributed by atoms with Gasteiger partial charge in [0.05, 0.1) is 19.8 Å². The molecule has 7 nitrogen and oxygen atoms in total. The van der Waals surface area contributed by atoms with Crippen LogP contribution in [-0.2, 0) is 14.3 Å². The van der Waals surface area contributed by atoms with E-state index >= 15 is 0 Å². The summed E-state index contributed by atoms with van der Waals surface area (Å²) < 4.78 is 16.4. The number of hydrogen-bond acceptors (Lipinski definition) is 5. The van der Waals surface area contributed by atoms with Gasteiger partial charge in [-0.05, 0) is 38.8 Å². The normalized spacial score (nSPS) is 16.4. The van der Waals surface area contributed by atoms with Gasteiger partial charge in [0.2, 0.25) is 5.91 Å². The zero-order valence-corrected chi connectivity index (χ0v) is 15.0. The molecule has 0 radical (unpaired) electrons. The second-order valence-electron chi connectivity index (χ2n) is 5.77. The molecule has 1 atom stereocenters. The van der Waals surface area contributed by atoms with Crippen molar-refractivity contribution in [2.45, 2.75) is 32.8 Å². The van der Waals surface area contributed by atoms with Crippen molar-refractivity contribution in [3.05, 3.63) is 18.2 Å². The highest BCUT2D eigenvalue weighted by Crippen LogP contribution is 2.30. The molecule has 0 spiro atoms. The highest BCUT2D eigenvalue weighted by molar-refractivity contribution is 5.95. The standard InChI is InChI=1S/C18H26N2O5/c1-4-23-14-9-8-13(11-16(14)24-5-2)19-17(21)12-20(3)18(22)15-7-6-10-25-15/h8-9,11,15H,4-7,10,12H2,1-3H3,(H,19,21)/t15-/m1/s1. The molecule has 1 saturated heterocycles. The Balaban J connectivity index is 1.94. The second-order valence-corrected chi connectivity index (χ2v) is 5.77. The van der Waals surface area contributed by atoms with Gasteiger partial charge in [-0.25, -0.2) is 0 Å². The zero-order valence-electron chi connectivity index (χ0n) is 15.0. The number of rotatable bonds is 8. The molecule has 0 saturated carbocycles. The van der Waals surface area contributed by atoms with E-state index in [4.69, 9.17) is 14.2 Å². The number of nitrogens with zero attached hydrogens (tertiary/aromatic N) is 1. The van der Waals surface area contributed by atoms with Crippen molar-refractivity contribution in [1.29, 1.82) is 0 Å². The smallest absolute Gasteiger partial charge is 0.251 e. The lowest BCUT2D eigenvalue weighted by Crippen LogP contribution is -2.40. The molecule has 1 aromatic rings. The molecule has 0 bridgehead atoms. The third-order valence-corrected chi connectivity index (χ3v) is 3.79. The Morgan fingerprint density at radius 2 is 1.96 bits per heavy atom. The fourth-order valence-electron chi connectivity index (χ4n) is 2.64. The summed E-state index contributed by atoms with van der Waals surface area (Å²) in [6.07, 6.45) is 1.16. The average Bonchev–Trinajstić information content (AvgIpc) is 3.11. The highest BCUT2D eigenvalue weighted by atomic mass is 16.5. The van der Waals surface area contributed by atoms with E-state index in [1.165, 1.54) is 4.90 Å². The first kappa shape index (κ1) is 19.1. The summed E-state index contributed by atoms with van der Waals surface area (Å²) in [5.74, 6) is 0.772. The van der Waals surface area contributed by atoms with Gasteiger partial charge in [0, 0.05) is 25.4 Å².